The summed E-state index contributed by atoms with van der Waals surface area (Å²) in [6.45, 7) is 0. The first-order valence-electron chi connectivity index (χ1n) is 7.78. The van der Waals surface area contributed by atoms with E-state index in [2.05, 4.69) is 17.4 Å². The number of amides is 2. The molecule has 3 rings (SSSR count). The molecule has 1 aliphatic heterocycles. The van der Waals surface area contributed by atoms with Gasteiger partial charge < -0.3 is 10.2 Å². The minimum atomic E-state index is -2.97. The Morgan fingerprint density at radius 1 is 1.27 bits per heavy atom. The number of nitrogens with one attached hydrogen (secondary N) is 1. The third-order valence-corrected chi connectivity index (χ3v) is 6.45. The minimum Gasteiger partial charge on any atom is -0.334 e. The largest absolute Gasteiger partial charge is 0.334 e. The molecular weight excluding hydrogens is 300 g/mol. The van der Waals surface area contributed by atoms with Crippen LogP contribution in [-0.4, -0.2) is 43.9 Å². The molecule has 2 aliphatic rings. The van der Waals surface area contributed by atoms with Crippen LogP contribution in [0, 0.1) is 0 Å². The molecule has 1 fully saturated rings. The SMILES string of the molecule is CN(C(=O)N[C@H]1CCS(=O)(=O)C1)[C@H]1CCCc2ccccc21. The van der Waals surface area contributed by atoms with Gasteiger partial charge in [0.25, 0.3) is 0 Å². The zero-order chi connectivity index (χ0) is 15.7. The Morgan fingerprint density at radius 3 is 2.77 bits per heavy atom. The fourth-order valence-electron chi connectivity index (χ4n) is 3.46. The van der Waals surface area contributed by atoms with Gasteiger partial charge >= 0.3 is 6.03 Å². The average molecular weight is 322 g/mol. The predicted octanol–water partition coefficient (Wildman–Crippen LogP) is 1.89. The van der Waals surface area contributed by atoms with Gasteiger partial charge in [0.15, 0.2) is 9.84 Å². The number of rotatable bonds is 2. The smallest absolute Gasteiger partial charge is 0.317 e. The Balaban J connectivity index is 1.69. The number of nitrogens with zero attached hydrogens (tertiary/aromatic N) is 1. The van der Waals surface area contributed by atoms with Gasteiger partial charge in [-0.25, -0.2) is 13.2 Å². The number of urea groups is 1. The summed E-state index contributed by atoms with van der Waals surface area (Å²) < 4.78 is 23.0. The molecule has 0 bridgehead atoms. The lowest BCUT2D eigenvalue weighted by atomic mass is 9.87. The van der Waals surface area contributed by atoms with E-state index in [1.165, 1.54) is 11.1 Å². The van der Waals surface area contributed by atoms with Crippen LogP contribution in [0.2, 0.25) is 0 Å². The number of hydrogen-bond acceptors (Lipinski definition) is 3. The van der Waals surface area contributed by atoms with Crippen molar-refractivity contribution < 1.29 is 13.2 Å². The molecule has 2 atom stereocenters. The molecule has 1 aromatic rings. The lowest BCUT2D eigenvalue weighted by Crippen LogP contribution is -2.45. The van der Waals surface area contributed by atoms with E-state index in [9.17, 15) is 13.2 Å². The quantitative estimate of drug-likeness (QED) is 0.904. The van der Waals surface area contributed by atoms with Crippen LogP contribution in [0.3, 0.4) is 0 Å². The number of benzene rings is 1. The summed E-state index contributed by atoms with van der Waals surface area (Å²) in [6, 6.07) is 7.89. The first-order chi connectivity index (χ1) is 10.5. The number of fused-ring (bicyclic) bond motifs is 1. The summed E-state index contributed by atoms with van der Waals surface area (Å²) in [5.74, 6) is 0.238. The van der Waals surface area contributed by atoms with E-state index in [-0.39, 0.29) is 29.6 Å². The van der Waals surface area contributed by atoms with Crippen molar-refractivity contribution >= 4 is 15.9 Å². The van der Waals surface area contributed by atoms with E-state index >= 15 is 0 Å². The van der Waals surface area contributed by atoms with Gasteiger partial charge in [0.2, 0.25) is 0 Å². The van der Waals surface area contributed by atoms with Crippen LogP contribution >= 0.6 is 0 Å². The molecule has 0 radical (unpaired) electrons. The van der Waals surface area contributed by atoms with E-state index in [0.29, 0.717) is 6.42 Å². The third-order valence-electron chi connectivity index (χ3n) is 4.69. The average Bonchev–Trinajstić information content (AvgIpc) is 2.84. The molecule has 22 heavy (non-hydrogen) atoms. The lowest BCUT2D eigenvalue weighted by Gasteiger charge is -2.34. The Kier molecular flexibility index (Phi) is 4.12. The maximum Gasteiger partial charge on any atom is 0.317 e. The molecule has 120 valence electrons. The predicted molar refractivity (Wildman–Crippen MR) is 85.5 cm³/mol. The molecule has 0 aromatic heterocycles. The van der Waals surface area contributed by atoms with Crippen LogP contribution < -0.4 is 5.32 Å². The number of carbonyl (C=O) groups excluding carboxylic acids is 1. The van der Waals surface area contributed by atoms with Crippen molar-refractivity contribution in [3.05, 3.63) is 35.4 Å². The molecule has 1 N–H and O–H groups in total. The van der Waals surface area contributed by atoms with Gasteiger partial charge in [-0.2, -0.15) is 0 Å². The summed E-state index contributed by atoms with van der Waals surface area (Å²) in [6.07, 6.45) is 3.59. The second kappa shape index (κ2) is 5.91. The number of sulfone groups is 1. The summed E-state index contributed by atoms with van der Waals surface area (Å²) >= 11 is 0. The van der Waals surface area contributed by atoms with Gasteiger partial charge in [-0.1, -0.05) is 24.3 Å². The van der Waals surface area contributed by atoms with Crippen LogP contribution in [-0.2, 0) is 16.3 Å². The van der Waals surface area contributed by atoms with Crippen molar-refractivity contribution in [2.45, 2.75) is 37.8 Å². The fraction of sp³-hybridized carbons (Fsp3) is 0.562. The van der Waals surface area contributed by atoms with Crippen LogP contribution in [0.1, 0.15) is 36.4 Å². The first kappa shape index (κ1) is 15.3. The summed E-state index contributed by atoms with van der Waals surface area (Å²) in [5.41, 5.74) is 2.52. The van der Waals surface area contributed by atoms with Crippen molar-refractivity contribution in [3.8, 4) is 0 Å². The highest BCUT2D eigenvalue weighted by molar-refractivity contribution is 7.91. The third kappa shape index (κ3) is 3.11. The van der Waals surface area contributed by atoms with E-state index in [1.807, 2.05) is 12.1 Å². The summed E-state index contributed by atoms with van der Waals surface area (Å²) in [7, 11) is -1.18. The Labute approximate surface area is 131 Å². The van der Waals surface area contributed by atoms with E-state index in [4.69, 9.17) is 0 Å². The normalized spacial score (nSPS) is 26.2. The number of hydrogen-bond donors (Lipinski definition) is 1. The molecule has 0 unspecified atom stereocenters. The van der Waals surface area contributed by atoms with Crippen molar-refractivity contribution in [3.63, 3.8) is 0 Å². The van der Waals surface area contributed by atoms with E-state index in [0.717, 1.165) is 19.3 Å². The highest BCUT2D eigenvalue weighted by atomic mass is 32.2. The van der Waals surface area contributed by atoms with Crippen LogP contribution in [0.5, 0.6) is 0 Å². The standard InChI is InChI=1S/C16H22N2O3S/c1-18(16(19)17-13-9-10-22(20,21)11-13)15-8-4-6-12-5-2-3-7-14(12)15/h2-3,5,7,13,15H,4,6,8-11H2,1H3,(H,17,19)/t13-,15-/m0/s1. The summed E-state index contributed by atoms with van der Waals surface area (Å²) in [4.78, 5) is 14.2. The minimum absolute atomic E-state index is 0.0633. The van der Waals surface area contributed by atoms with Gasteiger partial charge in [0, 0.05) is 13.1 Å². The molecular formula is C16H22N2O3S. The van der Waals surface area contributed by atoms with Gasteiger partial charge in [-0.15, -0.1) is 0 Å². The fourth-order valence-corrected chi connectivity index (χ4v) is 5.13. The molecule has 6 heteroatoms. The van der Waals surface area contributed by atoms with Gasteiger partial charge in [0.1, 0.15) is 0 Å². The Bertz CT molecular complexity index is 672. The zero-order valence-electron chi connectivity index (χ0n) is 12.8. The maximum absolute atomic E-state index is 12.4. The van der Waals surface area contributed by atoms with E-state index < -0.39 is 9.84 Å². The van der Waals surface area contributed by atoms with E-state index in [1.54, 1.807) is 11.9 Å². The monoisotopic (exact) mass is 322 g/mol. The van der Waals surface area contributed by atoms with Crippen LogP contribution in [0.25, 0.3) is 0 Å². The molecule has 0 saturated carbocycles. The number of carbonyl (C=O) groups is 1. The molecule has 1 saturated heterocycles. The van der Waals surface area contributed by atoms with Gasteiger partial charge in [-0.3, -0.25) is 0 Å². The van der Waals surface area contributed by atoms with Gasteiger partial charge in [-0.05, 0) is 36.8 Å². The first-order valence-corrected chi connectivity index (χ1v) is 9.60. The molecule has 0 spiro atoms. The van der Waals surface area contributed by atoms with Crippen LogP contribution in [0.15, 0.2) is 24.3 Å². The summed E-state index contributed by atoms with van der Waals surface area (Å²) in [5, 5.41) is 2.87. The maximum atomic E-state index is 12.4. The van der Waals surface area contributed by atoms with Crippen molar-refractivity contribution in [1.82, 2.24) is 10.2 Å². The topological polar surface area (TPSA) is 66.5 Å². The highest BCUT2D eigenvalue weighted by Crippen LogP contribution is 2.33. The molecule has 2 amide bonds. The number of aryl methyl sites for hydroxylation is 1. The molecule has 1 heterocycles. The van der Waals surface area contributed by atoms with Crippen molar-refractivity contribution in [2.75, 3.05) is 18.6 Å². The van der Waals surface area contributed by atoms with Crippen LogP contribution in [0.4, 0.5) is 4.79 Å². The second-order valence-electron chi connectivity index (χ2n) is 6.27. The Hall–Kier alpha value is -1.56. The molecule has 1 aromatic carbocycles. The second-order valence-corrected chi connectivity index (χ2v) is 8.50. The van der Waals surface area contributed by atoms with Gasteiger partial charge in [0.05, 0.1) is 17.5 Å². The zero-order valence-corrected chi connectivity index (χ0v) is 13.6. The van der Waals surface area contributed by atoms with Crippen molar-refractivity contribution in [2.24, 2.45) is 0 Å². The Morgan fingerprint density at radius 2 is 2.05 bits per heavy atom. The molecule has 1 aliphatic carbocycles. The highest BCUT2D eigenvalue weighted by Gasteiger charge is 2.32. The van der Waals surface area contributed by atoms with Crippen molar-refractivity contribution in [1.29, 1.82) is 0 Å². The molecule has 5 nitrogen and oxygen atoms in total. The lowest BCUT2D eigenvalue weighted by molar-refractivity contribution is 0.181.